The summed E-state index contributed by atoms with van der Waals surface area (Å²) in [6.07, 6.45) is 2.91. The molecule has 0 unspecified atom stereocenters. The zero-order valence-electron chi connectivity index (χ0n) is 19.4. The average Bonchev–Trinajstić information content (AvgIpc) is 3.07. The van der Waals surface area contributed by atoms with Crippen molar-refractivity contribution in [3.63, 3.8) is 0 Å². The summed E-state index contributed by atoms with van der Waals surface area (Å²) < 4.78 is 16.2. The first-order chi connectivity index (χ1) is 15.0. The Morgan fingerprint density at radius 2 is 1.84 bits per heavy atom. The largest absolute Gasteiger partial charge is 0.365 e. The van der Waals surface area contributed by atoms with Gasteiger partial charge in [-0.25, -0.2) is 14.1 Å². The normalized spacial score (nSPS) is 17.8. The van der Waals surface area contributed by atoms with Crippen molar-refractivity contribution >= 4 is 17.5 Å². The van der Waals surface area contributed by atoms with E-state index in [9.17, 15) is 4.39 Å². The highest BCUT2D eigenvalue weighted by molar-refractivity contribution is 5.67. The molecule has 0 amide bonds. The lowest BCUT2D eigenvalue weighted by Crippen LogP contribution is -2.60. The van der Waals surface area contributed by atoms with E-state index in [1.807, 2.05) is 25.1 Å². The van der Waals surface area contributed by atoms with Gasteiger partial charge in [0.2, 0.25) is 5.95 Å². The van der Waals surface area contributed by atoms with Crippen molar-refractivity contribution < 1.29 is 4.39 Å². The number of nitrogens with zero attached hydrogens (tertiary/aromatic N) is 6. The van der Waals surface area contributed by atoms with Gasteiger partial charge in [-0.15, -0.1) is 5.10 Å². The van der Waals surface area contributed by atoms with Crippen molar-refractivity contribution in [3.8, 4) is 11.4 Å². The van der Waals surface area contributed by atoms with Crippen molar-refractivity contribution in [2.45, 2.75) is 64.6 Å². The fourth-order valence-electron chi connectivity index (χ4n) is 4.73. The molecular formula is C22H30FN9. The van der Waals surface area contributed by atoms with Gasteiger partial charge in [0, 0.05) is 35.4 Å². The van der Waals surface area contributed by atoms with Gasteiger partial charge >= 0.3 is 0 Å². The minimum atomic E-state index is -0.472. The molecule has 1 aliphatic heterocycles. The molecule has 2 aromatic heterocycles. The average molecular weight is 440 g/mol. The summed E-state index contributed by atoms with van der Waals surface area (Å²) in [6.45, 7) is 10.6. The number of anilines is 3. The molecule has 1 fully saturated rings. The van der Waals surface area contributed by atoms with Crippen LogP contribution in [0.2, 0.25) is 0 Å². The van der Waals surface area contributed by atoms with Gasteiger partial charge in [-0.05, 0) is 81.6 Å². The molecule has 0 atom stereocenters. The molecular weight excluding hydrogens is 409 g/mol. The monoisotopic (exact) mass is 439 g/mol. The molecule has 0 radical (unpaired) electrons. The molecule has 1 aromatic carbocycles. The van der Waals surface area contributed by atoms with Gasteiger partial charge in [0.25, 0.3) is 0 Å². The van der Waals surface area contributed by atoms with Gasteiger partial charge in [0.15, 0.2) is 17.5 Å². The number of benzene rings is 1. The van der Waals surface area contributed by atoms with Crippen LogP contribution in [0.1, 0.15) is 46.1 Å². The summed E-state index contributed by atoms with van der Waals surface area (Å²) in [5.41, 5.74) is 2.53. The Kier molecular flexibility index (Phi) is 5.58. The highest BCUT2D eigenvalue weighted by Crippen LogP contribution is 2.31. The van der Waals surface area contributed by atoms with Crippen LogP contribution in [0, 0.1) is 12.7 Å². The van der Waals surface area contributed by atoms with E-state index in [0.29, 0.717) is 11.8 Å². The van der Waals surface area contributed by atoms with Crippen molar-refractivity contribution in [1.29, 1.82) is 0 Å². The van der Waals surface area contributed by atoms with Crippen LogP contribution in [-0.2, 0) is 7.05 Å². The van der Waals surface area contributed by atoms with Gasteiger partial charge in [-0.1, -0.05) is 0 Å². The number of tetrazole rings is 1. The van der Waals surface area contributed by atoms with Gasteiger partial charge in [-0.3, -0.25) is 0 Å². The first kappa shape index (κ1) is 22.1. The standard InChI is InChI=1S/C22H30FN9/c1-13-7-14(19-28-30-31-32(19)6)9-15(8-13)26-20-24-12-17(23)18(27-20)25-16-10-21(2,3)29-22(4,5)11-16/h7-9,12,16,29H,10-11H2,1-6H3,(H2,24,25,26,27). The first-order valence-corrected chi connectivity index (χ1v) is 10.7. The van der Waals surface area contributed by atoms with Crippen molar-refractivity contribution in [1.82, 2.24) is 35.5 Å². The maximum atomic E-state index is 14.6. The Balaban J connectivity index is 1.56. The quantitative estimate of drug-likeness (QED) is 0.554. The third-order valence-corrected chi connectivity index (χ3v) is 5.49. The Bertz CT molecular complexity index is 1110. The molecule has 0 spiro atoms. The number of rotatable bonds is 5. The van der Waals surface area contributed by atoms with E-state index in [0.717, 1.165) is 29.7 Å². The Morgan fingerprint density at radius 3 is 2.50 bits per heavy atom. The van der Waals surface area contributed by atoms with Crippen LogP contribution < -0.4 is 16.0 Å². The summed E-state index contributed by atoms with van der Waals surface area (Å²) in [5.74, 6) is 0.690. The zero-order chi connectivity index (χ0) is 23.1. The Hall–Kier alpha value is -3.14. The van der Waals surface area contributed by atoms with E-state index in [4.69, 9.17) is 0 Å². The van der Waals surface area contributed by atoms with Crippen molar-refractivity contribution in [2.24, 2.45) is 7.05 Å². The minimum absolute atomic E-state index is 0.0589. The van der Waals surface area contributed by atoms with E-state index in [1.54, 1.807) is 11.7 Å². The first-order valence-electron chi connectivity index (χ1n) is 10.7. The molecule has 32 heavy (non-hydrogen) atoms. The van der Waals surface area contributed by atoms with E-state index < -0.39 is 5.82 Å². The van der Waals surface area contributed by atoms with E-state index in [-0.39, 0.29) is 22.9 Å². The highest BCUT2D eigenvalue weighted by atomic mass is 19.1. The van der Waals surface area contributed by atoms with Gasteiger partial charge in [-0.2, -0.15) is 4.98 Å². The van der Waals surface area contributed by atoms with E-state index in [2.05, 4.69) is 69.1 Å². The van der Waals surface area contributed by atoms with Crippen molar-refractivity contribution in [3.05, 3.63) is 35.8 Å². The molecule has 3 aromatic rings. The number of piperidine rings is 1. The molecule has 3 heterocycles. The Morgan fingerprint density at radius 1 is 1.12 bits per heavy atom. The number of aryl methyl sites for hydroxylation is 2. The summed E-state index contributed by atoms with van der Waals surface area (Å²) in [5, 5.41) is 21.8. The number of nitrogens with one attached hydrogen (secondary N) is 3. The summed E-state index contributed by atoms with van der Waals surface area (Å²) in [4.78, 5) is 8.55. The molecule has 0 aliphatic carbocycles. The third-order valence-electron chi connectivity index (χ3n) is 5.49. The maximum Gasteiger partial charge on any atom is 0.229 e. The van der Waals surface area contributed by atoms with E-state index in [1.165, 1.54) is 6.20 Å². The number of hydrogen-bond acceptors (Lipinski definition) is 8. The fourth-order valence-corrected chi connectivity index (χ4v) is 4.73. The van der Waals surface area contributed by atoms with Crippen LogP contribution in [0.3, 0.4) is 0 Å². The lowest BCUT2D eigenvalue weighted by Gasteiger charge is -2.46. The van der Waals surface area contributed by atoms with Gasteiger partial charge in [0.1, 0.15) is 0 Å². The van der Waals surface area contributed by atoms with Crippen LogP contribution in [-0.4, -0.2) is 47.3 Å². The number of halogens is 1. The molecule has 170 valence electrons. The van der Waals surface area contributed by atoms with Crippen LogP contribution >= 0.6 is 0 Å². The number of aromatic nitrogens is 6. The molecule has 1 aliphatic rings. The Labute approximate surface area is 187 Å². The van der Waals surface area contributed by atoms with Crippen LogP contribution in [0.15, 0.2) is 24.4 Å². The molecule has 0 saturated carbocycles. The molecule has 3 N–H and O–H groups in total. The second-order valence-electron chi connectivity index (χ2n) is 9.87. The van der Waals surface area contributed by atoms with Gasteiger partial charge in [0.05, 0.1) is 6.20 Å². The van der Waals surface area contributed by atoms with Crippen molar-refractivity contribution in [2.75, 3.05) is 10.6 Å². The van der Waals surface area contributed by atoms with Crippen LogP contribution in [0.4, 0.5) is 21.8 Å². The molecule has 0 bridgehead atoms. The second-order valence-corrected chi connectivity index (χ2v) is 9.87. The summed E-state index contributed by atoms with van der Waals surface area (Å²) in [7, 11) is 1.79. The van der Waals surface area contributed by atoms with Gasteiger partial charge < -0.3 is 16.0 Å². The van der Waals surface area contributed by atoms with E-state index >= 15 is 0 Å². The molecule has 1 saturated heterocycles. The predicted octanol–water partition coefficient (Wildman–Crippen LogP) is 3.58. The smallest absolute Gasteiger partial charge is 0.229 e. The lowest BCUT2D eigenvalue weighted by atomic mass is 9.79. The molecule has 9 nitrogen and oxygen atoms in total. The second kappa shape index (κ2) is 8.09. The zero-order valence-corrected chi connectivity index (χ0v) is 19.4. The summed E-state index contributed by atoms with van der Waals surface area (Å²) in [6, 6.07) is 5.96. The topological polar surface area (TPSA) is 105 Å². The minimum Gasteiger partial charge on any atom is -0.365 e. The summed E-state index contributed by atoms with van der Waals surface area (Å²) >= 11 is 0. The molecule has 10 heteroatoms. The lowest BCUT2D eigenvalue weighted by molar-refractivity contribution is 0.170. The SMILES string of the molecule is Cc1cc(Nc2ncc(F)c(NC3CC(C)(C)NC(C)(C)C3)n2)cc(-c2nnnn2C)c1. The maximum absolute atomic E-state index is 14.6. The third kappa shape index (κ3) is 5.01. The van der Waals surface area contributed by atoms with Crippen LogP contribution in [0.5, 0.6) is 0 Å². The number of hydrogen-bond donors (Lipinski definition) is 3. The molecule has 4 rings (SSSR count). The predicted molar refractivity (Wildman–Crippen MR) is 122 cm³/mol. The fraction of sp³-hybridized carbons (Fsp3) is 0.500. The van der Waals surface area contributed by atoms with Crippen LogP contribution in [0.25, 0.3) is 11.4 Å². The highest BCUT2D eigenvalue weighted by Gasteiger charge is 2.38.